The van der Waals surface area contributed by atoms with E-state index >= 15 is 0 Å². The van der Waals surface area contributed by atoms with E-state index in [4.69, 9.17) is 17.1 Å². The van der Waals surface area contributed by atoms with Gasteiger partial charge in [0.05, 0.1) is 6.54 Å². The Morgan fingerprint density at radius 3 is 2.17 bits per heavy atom. The highest BCUT2D eigenvalue weighted by Crippen LogP contribution is 2.25. The van der Waals surface area contributed by atoms with Crippen LogP contribution in [0, 0.1) is 12.3 Å². The minimum Gasteiger partial charge on any atom is -0.207 e. The zero-order valence-corrected chi connectivity index (χ0v) is 11.8. The van der Waals surface area contributed by atoms with Crippen LogP contribution in [0.1, 0.15) is 0 Å². The van der Waals surface area contributed by atoms with Gasteiger partial charge in [-0.1, -0.05) is 18.1 Å². The van der Waals surface area contributed by atoms with Gasteiger partial charge in [-0.15, -0.1) is 6.42 Å². The van der Waals surface area contributed by atoms with Crippen molar-refractivity contribution in [2.24, 2.45) is 0 Å². The minimum atomic E-state index is -4.15. The molecule has 0 atom stereocenters. The van der Waals surface area contributed by atoms with Crippen LogP contribution in [-0.4, -0.2) is 34.7 Å². The largest absolute Gasteiger partial charge is 0.262 e. The van der Waals surface area contributed by atoms with Gasteiger partial charge in [0.2, 0.25) is 10.0 Å². The molecule has 0 aromatic heterocycles. The summed E-state index contributed by atoms with van der Waals surface area (Å²) in [5, 5.41) is 0. The molecule has 5 nitrogen and oxygen atoms in total. The fourth-order valence-corrected chi connectivity index (χ4v) is 4.13. The number of halogens is 1. The van der Waals surface area contributed by atoms with E-state index in [0.29, 0.717) is 0 Å². The molecular weight excluding hydrogens is 298 g/mol. The molecule has 0 heterocycles. The first-order chi connectivity index (χ1) is 8.21. The zero-order valence-electron chi connectivity index (χ0n) is 9.37. The Hall–Kier alpha value is -1.07. The Bertz CT molecular complexity index is 689. The van der Waals surface area contributed by atoms with Crippen LogP contribution in [-0.2, 0) is 19.1 Å². The molecular formula is C10H10ClNO4S2. The van der Waals surface area contributed by atoms with Crippen molar-refractivity contribution in [2.75, 3.05) is 13.6 Å². The summed E-state index contributed by atoms with van der Waals surface area (Å²) in [4.78, 5) is -0.853. The van der Waals surface area contributed by atoms with E-state index in [1.54, 1.807) is 0 Å². The maximum absolute atomic E-state index is 12.1. The predicted molar refractivity (Wildman–Crippen MR) is 68.1 cm³/mol. The van der Waals surface area contributed by atoms with Gasteiger partial charge in [-0.2, -0.15) is 4.31 Å². The summed E-state index contributed by atoms with van der Waals surface area (Å²) in [7, 11) is -1.68. The van der Waals surface area contributed by atoms with Crippen LogP contribution in [0.5, 0.6) is 0 Å². The van der Waals surface area contributed by atoms with Gasteiger partial charge in [0, 0.05) is 17.7 Å². The summed E-state index contributed by atoms with van der Waals surface area (Å²) in [6.07, 6.45) is 5.03. The molecule has 1 aromatic rings. The summed E-state index contributed by atoms with van der Waals surface area (Å²) in [5.41, 5.74) is 0. The topological polar surface area (TPSA) is 71.5 Å². The Morgan fingerprint density at radius 2 is 1.72 bits per heavy atom. The van der Waals surface area contributed by atoms with E-state index in [1.165, 1.54) is 19.2 Å². The molecule has 18 heavy (non-hydrogen) atoms. The highest BCUT2D eigenvalue weighted by atomic mass is 35.7. The standard InChI is InChI=1S/C10H10ClNO4S2/c1-3-8-12(2)18(15,16)10-7-5-4-6-9(10)17(11,13)14/h1,4-7H,8H2,2H3. The Balaban J connectivity index is 3.49. The second-order valence-corrected chi connectivity index (χ2v) is 7.90. The van der Waals surface area contributed by atoms with E-state index in [0.717, 1.165) is 16.4 Å². The van der Waals surface area contributed by atoms with E-state index < -0.39 is 28.9 Å². The third-order valence-electron chi connectivity index (χ3n) is 2.11. The summed E-state index contributed by atoms with van der Waals surface area (Å²) in [6, 6.07) is 5.08. The molecule has 8 heteroatoms. The molecule has 0 fully saturated rings. The molecule has 1 rings (SSSR count). The monoisotopic (exact) mass is 307 g/mol. The van der Waals surface area contributed by atoms with Crippen LogP contribution >= 0.6 is 10.7 Å². The molecule has 0 aliphatic heterocycles. The van der Waals surface area contributed by atoms with Crippen molar-refractivity contribution >= 4 is 29.8 Å². The number of nitrogens with zero attached hydrogens (tertiary/aromatic N) is 1. The molecule has 0 radical (unpaired) electrons. The van der Waals surface area contributed by atoms with Crippen molar-refractivity contribution in [3.8, 4) is 12.3 Å². The molecule has 0 bridgehead atoms. The first-order valence-corrected chi connectivity index (χ1v) is 8.39. The second kappa shape index (κ2) is 5.28. The average molecular weight is 308 g/mol. The van der Waals surface area contributed by atoms with Gasteiger partial charge >= 0.3 is 0 Å². The predicted octanol–water partition coefficient (Wildman–Crippen LogP) is 0.868. The molecule has 0 spiro atoms. The Kier molecular flexibility index (Phi) is 4.40. The quantitative estimate of drug-likeness (QED) is 0.611. The van der Waals surface area contributed by atoms with Crippen LogP contribution in [0.2, 0.25) is 0 Å². The number of hydrogen-bond donors (Lipinski definition) is 0. The maximum atomic E-state index is 12.1. The highest BCUT2D eigenvalue weighted by molar-refractivity contribution is 8.14. The first-order valence-electron chi connectivity index (χ1n) is 4.64. The van der Waals surface area contributed by atoms with Crippen LogP contribution in [0.4, 0.5) is 0 Å². The smallest absolute Gasteiger partial charge is 0.207 e. The van der Waals surface area contributed by atoms with Crippen LogP contribution in [0.25, 0.3) is 0 Å². The molecule has 0 unspecified atom stereocenters. The van der Waals surface area contributed by atoms with E-state index in [9.17, 15) is 16.8 Å². The molecule has 0 saturated carbocycles. The van der Waals surface area contributed by atoms with Gasteiger partial charge in [-0.3, -0.25) is 0 Å². The van der Waals surface area contributed by atoms with Gasteiger partial charge in [0.1, 0.15) is 9.79 Å². The summed E-state index contributed by atoms with van der Waals surface area (Å²) >= 11 is 0. The van der Waals surface area contributed by atoms with Gasteiger partial charge in [0.25, 0.3) is 9.05 Å². The van der Waals surface area contributed by atoms with Crippen molar-refractivity contribution in [3.63, 3.8) is 0 Å². The lowest BCUT2D eigenvalue weighted by Gasteiger charge is -2.15. The van der Waals surface area contributed by atoms with Gasteiger partial charge in [-0.25, -0.2) is 16.8 Å². The fraction of sp³-hybridized carbons (Fsp3) is 0.200. The molecule has 0 aliphatic carbocycles. The van der Waals surface area contributed by atoms with Gasteiger partial charge in [-0.05, 0) is 12.1 Å². The summed E-state index contributed by atoms with van der Waals surface area (Å²) in [6.45, 7) is -0.168. The van der Waals surface area contributed by atoms with Gasteiger partial charge < -0.3 is 0 Å². The van der Waals surface area contributed by atoms with Crippen LogP contribution in [0.15, 0.2) is 34.1 Å². The number of hydrogen-bond acceptors (Lipinski definition) is 4. The lowest BCUT2D eigenvalue weighted by Crippen LogP contribution is -2.28. The summed E-state index contributed by atoms with van der Waals surface area (Å²) < 4.78 is 47.7. The van der Waals surface area contributed by atoms with Crippen molar-refractivity contribution < 1.29 is 16.8 Å². The summed E-state index contributed by atoms with van der Waals surface area (Å²) in [5.74, 6) is 2.17. The van der Waals surface area contributed by atoms with Crippen LogP contribution < -0.4 is 0 Å². The third kappa shape index (κ3) is 3.03. The maximum Gasteiger partial charge on any atom is 0.262 e. The fourth-order valence-electron chi connectivity index (χ4n) is 1.25. The van der Waals surface area contributed by atoms with Crippen molar-refractivity contribution in [1.29, 1.82) is 0 Å². The number of sulfonamides is 1. The average Bonchev–Trinajstić information content (AvgIpc) is 2.28. The molecule has 0 amide bonds. The minimum absolute atomic E-state index is 0.168. The highest BCUT2D eigenvalue weighted by Gasteiger charge is 2.27. The van der Waals surface area contributed by atoms with Crippen molar-refractivity contribution in [2.45, 2.75) is 9.79 Å². The lowest BCUT2D eigenvalue weighted by molar-refractivity contribution is 0.500. The number of benzene rings is 1. The van der Waals surface area contributed by atoms with Crippen LogP contribution in [0.3, 0.4) is 0 Å². The Morgan fingerprint density at radius 1 is 1.22 bits per heavy atom. The third-order valence-corrected chi connectivity index (χ3v) is 5.48. The van der Waals surface area contributed by atoms with E-state index in [-0.39, 0.29) is 6.54 Å². The van der Waals surface area contributed by atoms with E-state index in [2.05, 4.69) is 5.92 Å². The molecule has 0 N–H and O–H groups in total. The normalized spacial score (nSPS) is 12.3. The van der Waals surface area contributed by atoms with Crippen molar-refractivity contribution in [3.05, 3.63) is 24.3 Å². The van der Waals surface area contributed by atoms with Gasteiger partial charge in [0.15, 0.2) is 0 Å². The second-order valence-electron chi connectivity index (χ2n) is 3.35. The SMILES string of the molecule is C#CCN(C)S(=O)(=O)c1ccccc1S(=O)(=O)Cl. The molecule has 0 saturated heterocycles. The number of terminal acetylenes is 1. The zero-order chi connectivity index (χ0) is 14.0. The molecule has 1 aromatic carbocycles. The lowest BCUT2D eigenvalue weighted by atomic mass is 10.4. The number of rotatable bonds is 4. The van der Waals surface area contributed by atoms with Crippen molar-refractivity contribution in [1.82, 2.24) is 4.31 Å². The molecule has 0 aliphatic rings. The van der Waals surface area contributed by atoms with E-state index in [1.807, 2.05) is 0 Å². The molecule has 98 valence electrons. The Labute approximate surface area is 111 Å². The first kappa shape index (κ1) is 15.0.